The third-order valence-corrected chi connectivity index (χ3v) is 4.03. The molecule has 1 fully saturated rings. The molecule has 0 saturated carbocycles. The monoisotopic (exact) mass is 266 g/mol. The van der Waals surface area contributed by atoms with E-state index in [2.05, 4.69) is 71.3 Å². The maximum atomic E-state index is 3.72. The summed E-state index contributed by atoms with van der Waals surface area (Å²) in [5.74, 6) is 0. The van der Waals surface area contributed by atoms with Crippen molar-refractivity contribution in [2.75, 3.05) is 6.54 Å². The van der Waals surface area contributed by atoms with Crippen molar-refractivity contribution in [2.24, 2.45) is 0 Å². The molecule has 104 valence electrons. The second-order valence-electron chi connectivity index (χ2n) is 5.46. The van der Waals surface area contributed by atoms with Crippen LogP contribution in [0.1, 0.15) is 30.0 Å². The van der Waals surface area contributed by atoms with Crippen LogP contribution in [-0.4, -0.2) is 12.6 Å². The fourth-order valence-electron chi connectivity index (χ4n) is 2.96. The van der Waals surface area contributed by atoms with Crippen LogP contribution in [-0.2, 0) is 6.54 Å². The smallest absolute Gasteiger partial charge is 0.0476 e. The van der Waals surface area contributed by atoms with Crippen LogP contribution in [0.15, 0.2) is 60.7 Å². The van der Waals surface area contributed by atoms with Crippen LogP contribution >= 0.6 is 0 Å². The molecule has 20 heavy (non-hydrogen) atoms. The van der Waals surface area contributed by atoms with Gasteiger partial charge in [0.25, 0.3) is 0 Å². The summed E-state index contributed by atoms with van der Waals surface area (Å²) in [6, 6.07) is 22.3. The van der Waals surface area contributed by atoms with Gasteiger partial charge in [-0.25, -0.2) is 0 Å². The van der Waals surface area contributed by atoms with Crippen LogP contribution in [0.25, 0.3) is 0 Å². The summed E-state index contributed by atoms with van der Waals surface area (Å²) in [5.41, 5.74) is 2.74. The molecule has 0 amide bonds. The van der Waals surface area contributed by atoms with E-state index in [1.165, 1.54) is 24.0 Å². The summed E-state index contributed by atoms with van der Waals surface area (Å²) in [6.45, 7) is 2.06. The second-order valence-corrected chi connectivity index (χ2v) is 5.46. The van der Waals surface area contributed by atoms with Crippen molar-refractivity contribution in [3.63, 3.8) is 0 Å². The molecule has 0 spiro atoms. The van der Waals surface area contributed by atoms with E-state index in [-0.39, 0.29) is 0 Å². The van der Waals surface area contributed by atoms with Gasteiger partial charge in [0.2, 0.25) is 0 Å². The molecule has 2 nitrogen and oxygen atoms in total. The van der Waals surface area contributed by atoms with E-state index in [0.717, 1.165) is 13.1 Å². The van der Waals surface area contributed by atoms with E-state index in [1.54, 1.807) is 0 Å². The molecular formula is C18H22N2. The molecule has 3 rings (SSSR count). The van der Waals surface area contributed by atoms with Gasteiger partial charge in [0.05, 0.1) is 0 Å². The Morgan fingerprint density at radius 1 is 0.950 bits per heavy atom. The molecule has 2 atom stereocenters. The van der Waals surface area contributed by atoms with E-state index in [0.29, 0.717) is 12.1 Å². The zero-order valence-corrected chi connectivity index (χ0v) is 11.8. The summed E-state index contributed by atoms with van der Waals surface area (Å²) in [7, 11) is 0. The van der Waals surface area contributed by atoms with Crippen molar-refractivity contribution in [1.82, 2.24) is 10.6 Å². The summed E-state index contributed by atoms with van der Waals surface area (Å²) in [4.78, 5) is 0. The lowest BCUT2D eigenvalue weighted by molar-refractivity contribution is 0.304. The van der Waals surface area contributed by atoms with Crippen LogP contribution < -0.4 is 10.6 Å². The van der Waals surface area contributed by atoms with Crippen molar-refractivity contribution in [1.29, 1.82) is 0 Å². The van der Waals surface area contributed by atoms with Gasteiger partial charge in [-0.2, -0.15) is 0 Å². The van der Waals surface area contributed by atoms with Gasteiger partial charge in [0.1, 0.15) is 0 Å². The quantitative estimate of drug-likeness (QED) is 0.887. The largest absolute Gasteiger partial charge is 0.309 e. The molecule has 1 aliphatic heterocycles. The van der Waals surface area contributed by atoms with Crippen LogP contribution in [0.2, 0.25) is 0 Å². The predicted molar refractivity (Wildman–Crippen MR) is 83.5 cm³/mol. The summed E-state index contributed by atoms with van der Waals surface area (Å²) < 4.78 is 0. The molecule has 2 heteroatoms. The first-order chi connectivity index (χ1) is 9.93. The molecule has 0 radical (unpaired) electrons. The van der Waals surface area contributed by atoms with Crippen molar-refractivity contribution in [3.8, 4) is 0 Å². The Hall–Kier alpha value is -1.64. The highest BCUT2D eigenvalue weighted by molar-refractivity contribution is 5.22. The molecule has 1 heterocycles. The van der Waals surface area contributed by atoms with Crippen LogP contribution in [0, 0.1) is 0 Å². The number of piperidine rings is 1. The van der Waals surface area contributed by atoms with Gasteiger partial charge in [0.15, 0.2) is 0 Å². The van der Waals surface area contributed by atoms with Gasteiger partial charge in [-0.3, -0.25) is 0 Å². The molecule has 0 aromatic heterocycles. The molecule has 0 unspecified atom stereocenters. The van der Waals surface area contributed by atoms with E-state index >= 15 is 0 Å². The number of nitrogens with one attached hydrogen (secondary N) is 2. The first-order valence-corrected chi connectivity index (χ1v) is 7.49. The van der Waals surface area contributed by atoms with E-state index < -0.39 is 0 Å². The number of benzene rings is 2. The third kappa shape index (κ3) is 3.27. The lowest BCUT2D eigenvalue weighted by Gasteiger charge is -2.34. The second kappa shape index (κ2) is 6.69. The van der Waals surface area contributed by atoms with Crippen molar-refractivity contribution in [3.05, 3.63) is 71.8 Å². The van der Waals surface area contributed by atoms with Gasteiger partial charge < -0.3 is 10.6 Å². The molecule has 1 saturated heterocycles. The Morgan fingerprint density at radius 2 is 1.65 bits per heavy atom. The maximum absolute atomic E-state index is 3.72. The van der Waals surface area contributed by atoms with Gasteiger partial charge in [-0.15, -0.1) is 0 Å². The van der Waals surface area contributed by atoms with Crippen molar-refractivity contribution >= 4 is 0 Å². The number of hydrogen-bond acceptors (Lipinski definition) is 2. The lowest BCUT2D eigenvalue weighted by Crippen LogP contribution is -2.45. The Labute approximate surface area is 121 Å². The van der Waals surface area contributed by atoms with E-state index in [4.69, 9.17) is 0 Å². The fraction of sp³-hybridized carbons (Fsp3) is 0.333. The van der Waals surface area contributed by atoms with E-state index in [9.17, 15) is 0 Å². The SMILES string of the molecule is c1ccc(CN[C@H]2CCCN[C@H]2c2ccccc2)cc1. The molecule has 2 N–H and O–H groups in total. The maximum Gasteiger partial charge on any atom is 0.0476 e. The first kappa shape index (κ1) is 13.3. The Balaban J connectivity index is 1.67. The molecule has 0 bridgehead atoms. The number of rotatable bonds is 4. The van der Waals surface area contributed by atoms with Gasteiger partial charge >= 0.3 is 0 Å². The Kier molecular flexibility index (Phi) is 4.46. The van der Waals surface area contributed by atoms with E-state index in [1.807, 2.05) is 0 Å². The Morgan fingerprint density at radius 3 is 2.40 bits per heavy atom. The van der Waals surface area contributed by atoms with Crippen LogP contribution in [0.3, 0.4) is 0 Å². The van der Waals surface area contributed by atoms with Crippen molar-refractivity contribution in [2.45, 2.75) is 31.5 Å². The summed E-state index contributed by atoms with van der Waals surface area (Å²) in [5, 5.41) is 7.38. The molecule has 0 aliphatic carbocycles. The molecule has 2 aromatic rings. The zero-order valence-electron chi connectivity index (χ0n) is 11.8. The fourth-order valence-corrected chi connectivity index (χ4v) is 2.96. The minimum Gasteiger partial charge on any atom is -0.309 e. The lowest BCUT2D eigenvalue weighted by atomic mass is 9.92. The topological polar surface area (TPSA) is 24.1 Å². The summed E-state index contributed by atoms with van der Waals surface area (Å²) >= 11 is 0. The molecular weight excluding hydrogens is 244 g/mol. The third-order valence-electron chi connectivity index (χ3n) is 4.03. The zero-order chi connectivity index (χ0) is 13.6. The first-order valence-electron chi connectivity index (χ1n) is 7.49. The highest BCUT2D eigenvalue weighted by Crippen LogP contribution is 2.23. The van der Waals surface area contributed by atoms with Gasteiger partial charge in [-0.05, 0) is 30.5 Å². The van der Waals surface area contributed by atoms with Crippen LogP contribution in [0.5, 0.6) is 0 Å². The highest BCUT2D eigenvalue weighted by Gasteiger charge is 2.25. The van der Waals surface area contributed by atoms with Gasteiger partial charge in [0, 0.05) is 18.6 Å². The Bertz CT molecular complexity index is 509. The highest BCUT2D eigenvalue weighted by atomic mass is 15.0. The number of hydrogen-bond donors (Lipinski definition) is 2. The molecule has 1 aliphatic rings. The average molecular weight is 266 g/mol. The minimum absolute atomic E-state index is 0.425. The van der Waals surface area contributed by atoms with Crippen molar-refractivity contribution < 1.29 is 0 Å². The standard InChI is InChI=1S/C18H22N2/c1-3-8-15(9-4-1)14-20-17-12-7-13-19-18(17)16-10-5-2-6-11-16/h1-6,8-11,17-20H,7,12-14H2/t17-,18-/m0/s1. The normalized spacial score (nSPS) is 22.6. The summed E-state index contributed by atoms with van der Waals surface area (Å²) in [6.07, 6.45) is 2.48. The van der Waals surface area contributed by atoms with Gasteiger partial charge in [-0.1, -0.05) is 60.7 Å². The van der Waals surface area contributed by atoms with Crippen LogP contribution in [0.4, 0.5) is 0 Å². The molecule has 2 aromatic carbocycles. The average Bonchev–Trinajstić information content (AvgIpc) is 2.55. The minimum atomic E-state index is 0.425. The predicted octanol–water partition coefficient (Wildman–Crippen LogP) is 3.27.